The molecule has 0 aliphatic carbocycles. The van der Waals surface area contributed by atoms with E-state index in [0.717, 1.165) is 22.3 Å². The first-order chi connectivity index (χ1) is 12.8. The van der Waals surface area contributed by atoms with Crippen molar-refractivity contribution in [2.45, 2.75) is 0 Å². The van der Waals surface area contributed by atoms with Crippen molar-refractivity contribution >= 4 is 17.8 Å². The summed E-state index contributed by atoms with van der Waals surface area (Å²) in [6, 6.07) is 29.6. The summed E-state index contributed by atoms with van der Waals surface area (Å²) in [4.78, 5) is 16.5. The van der Waals surface area contributed by atoms with Crippen LogP contribution in [-0.4, -0.2) is 16.3 Å². The highest BCUT2D eigenvalue weighted by Gasteiger charge is 2.24. The van der Waals surface area contributed by atoms with Gasteiger partial charge in [-0.05, 0) is 18.3 Å². The summed E-state index contributed by atoms with van der Waals surface area (Å²) in [5.74, 6) is 0. The zero-order valence-electron chi connectivity index (χ0n) is 14.2. The van der Waals surface area contributed by atoms with Crippen LogP contribution >= 0.6 is 0 Å². The van der Waals surface area contributed by atoms with Gasteiger partial charge in [0.1, 0.15) is 0 Å². The van der Waals surface area contributed by atoms with Crippen molar-refractivity contribution in [3.63, 3.8) is 0 Å². The summed E-state index contributed by atoms with van der Waals surface area (Å²) in [6.45, 7) is -0.0463. The van der Waals surface area contributed by atoms with Crippen molar-refractivity contribution in [3.05, 3.63) is 114 Å². The molecule has 0 radical (unpaired) electrons. The fourth-order valence-electron chi connectivity index (χ4n) is 3.22. The van der Waals surface area contributed by atoms with Crippen LogP contribution in [0.2, 0.25) is 0 Å². The van der Waals surface area contributed by atoms with E-state index in [4.69, 9.17) is 0 Å². The molecule has 124 valence electrons. The van der Waals surface area contributed by atoms with E-state index in [-0.39, 0.29) is 12.3 Å². The first-order valence-electron chi connectivity index (χ1n) is 8.56. The van der Waals surface area contributed by atoms with Gasteiger partial charge in [0.05, 0.1) is 11.4 Å². The van der Waals surface area contributed by atoms with E-state index in [2.05, 4.69) is 33.7 Å². The Labute approximate surface area is 152 Å². The fourth-order valence-corrected chi connectivity index (χ4v) is 3.22. The zero-order chi connectivity index (χ0) is 17.8. The summed E-state index contributed by atoms with van der Waals surface area (Å²) in [5.41, 5.74) is 3.86. The van der Waals surface area contributed by atoms with Crippen LogP contribution in [-0.2, 0) is 0 Å². The van der Waals surface area contributed by atoms with Crippen LogP contribution in [0.4, 0.5) is 0 Å². The molecular weight excluding hydrogens is 319 g/mol. The van der Waals surface area contributed by atoms with Crippen molar-refractivity contribution in [1.82, 2.24) is 9.46 Å². The normalized spacial score (nSPS) is 10.5. The Morgan fingerprint density at radius 1 is 0.731 bits per heavy atom. The number of pyridine rings is 2. The third-order valence-electron chi connectivity index (χ3n) is 4.39. The first kappa shape index (κ1) is 16.1. The highest BCUT2D eigenvalue weighted by molar-refractivity contribution is 6.84. The van der Waals surface area contributed by atoms with Crippen LogP contribution in [0.3, 0.4) is 0 Å². The van der Waals surface area contributed by atoms with Gasteiger partial charge in [-0.1, -0.05) is 77.7 Å². The van der Waals surface area contributed by atoms with Gasteiger partial charge in [0.15, 0.2) is 5.43 Å². The lowest BCUT2D eigenvalue weighted by Gasteiger charge is -2.21. The molecule has 0 N–H and O–H groups in total. The molecule has 4 heteroatoms. The number of hydrogen-bond acceptors (Lipinski definition) is 2. The van der Waals surface area contributed by atoms with Gasteiger partial charge in [-0.15, -0.1) is 0 Å². The van der Waals surface area contributed by atoms with Gasteiger partial charge in [-0.2, -0.15) is 0 Å². The SMILES string of the molecule is O=c1ccn(B(c2ccccc2)c2ccccc2)c(-c2ccccn2)c1. The van der Waals surface area contributed by atoms with Crippen LogP contribution < -0.4 is 16.4 Å². The molecule has 0 saturated heterocycles. The zero-order valence-corrected chi connectivity index (χ0v) is 14.2. The van der Waals surface area contributed by atoms with Gasteiger partial charge in [0.2, 0.25) is 0 Å². The summed E-state index contributed by atoms with van der Waals surface area (Å²) >= 11 is 0. The second kappa shape index (κ2) is 7.24. The van der Waals surface area contributed by atoms with E-state index < -0.39 is 0 Å². The molecule has 26 heavy (non-hydrogen) atoms. The summed E-state index contributed by atoms with van der Waals surface area (Å²) in [5, 5.41) is 0. The summed E-state index contributed by atoms with van der Waals surface area (Å²) < 4.78 is 2.12. The Bertz CT molecular complexity index is 1010. The van der Waals surface area contributed by atoms with E-state index in [1.165, 1.54) is 0 Å². The molecule has 0 fully saturated rings. The van der Waals surface area contributed by atoms with Crippen LogP contribution in [0.15, 0.2) is 108 Å². The molecule has 3 nitrogen and oxygen atoms in total. The lowest BCUT2D eigenvalue weighted by molar-refractivity contribution is 1.14. The molecule has 2 aromatic carbocycles. The quantitative estimate of drug-likeness (QED) is 0.537. The van der Waals surface area contributed by atoms with E-state index >= 15 is 0 Å². The molecule has 2 aromatic heterocycles. The number of aromatic nitrogens is 2. The Balaban J connectivity index is 1.97. The highest BCUT2D eigenvalue weighted by atomic mass is 16.1. The van der Waals surface area contributed by atoms with E-state index in [1.54, 1.807) is 18.3 Å². The molecule has 0 aliphatic rings. The van der Waals surface area contributed by atoms with E-state index in [9.17, 15) is 4.79 Å². The highest BCUT2D eigenvalue weighted by Crippen LogP contribution is 2.15. The molecule has 2 heterocycles. The van der Waals surface area contributed by atoms with Gasteiger partial charge in [-0.25, -0.2) is 0 Å². The Kier molecular flexibility index (Phi) is 4.48. The van der Waals surface area contributed by atoms with Gasteiger partial charge < -0.3 is 4.48 Å². The van der Waals surface area contributed by atoms with Crippen LogP contribution in [0.1, 0.15) is 0 Å². The Hall–Kier alpha value is -3.40. The van der Waals surface area contributed by atoms with Gasteiger partial charge in [-0.3, -0.25) is 9.78 Å². The van der Waals surface area contributed by atoms with Crippen molar-refractivity contribution in [3.8, 4) is 11.4 Å². The maximum absolute atomic E-state index is 12.1. The average Bonchev–Trinajstić information content (AvgIpc) is 2.71. The first-order valence-corrected chi connectivity index (χ1v) is 8.56. The van der Waals surface area contributed by atoms with Gasteiger partial charge in [0.25, 0.3) is 0 Å². The summed E-state index contributed by atoms with van der Waals surface area (Å²) in [7, 11) is 0. The van der Waals surface area contributed by atoms with E-state index in [0.29, 0.717) is 0 Å². The summed E-state index contributed by atoms with van der Waals surface area (Å²) in [6.07, 6.45) is 3.61. The minimum absolute atomic E-state index is 0.0261. The van der Waals surface area contributed by atoms with Crippen molar-refractivity contribution in [2.24, 2.45) is 0 Å². The average molecular weight is 336 g/mol. The lowest BCUT2D eigenvalue weighted by atomic mass is 9.50. The predicted octanol–water partition coefficient (Wildman–Crippen LogP) is 2.56. The molecule has 0 spiro atoms. The standard InChI is InChI=1S/C22H17BN2O/c26-20-14-16-25(22(17-20)21-13-7-8-15-24-21)23(18-9-3-1-4-10-18)19-11-5-2-6-12-19/h1-17H. The third-order valence-corrected chi connectivity index (χ3v) is 4.39. The number of hydrogen-bond donors (Lipinski definition) is 0. The molecule has 0 bridgehead atoms. The molecule has 0 saturated carbocycles. The number of nitrogens with zero attached hydrogens (tertiary/aromatic N) is 2. The number of benzene rings is 2. The van der Waals surface area contributed by atoms with Crippen molar-refractivity contribution in [2.75, 3.05) is 0 Å². The molecule has 0 unspecified atom stereocenters. The maximum Gasteiger partial charge on any atom is 0.327 e. The second-order valence-corrected chi connectivity index (χ2v) is 6.09. The fraction of sp³-hybridized carbons (Fsp3) is 0. The minimum Gasteiger partial charge on any atom is -0.381 e. The molecule has 0 aliphatic heterocycles. The van der Waals surface area contributed by atoms with Gasteiger partial charge >= 0.3 is 6.85 Å². The molecular formula is C22H17BN2O. The van der Waals surface area contributed by atoms with Crippen LogP contribution in [0, 0.1) is 0 Å². The topological polar surface area (TPSA) is 34.9 Å². The maximum atomic E-state index is 12.1. The number of rotatable bonds is 4. The molecule has 4 rings (SSSR count). The molecule has 0 amide bonds. The largest absolute Gasteiger partial charge is 0.381 e. The Morgan fingerprint density at radius 2 is 1.35 bits per heavy atom. The van der Waals surface area contributed by atoms with Gasteiger partial charge in [0, 0.05) is 18.3 Å². The van der Waals surface area contributed by atoms with Crippen LogP contribution in [0.25, 0.3) is 11.4 Å². The van der Waals surface area contributed by atoms with Crippen molar-refractivity contribution < 1.29 is 0 Å². The smallest absolute Gasteiger partial charge is 0.327 e. The third kappa shape index (κ3) is 3.22. The lowest BCUT2D eigenvalue weighted by Crippen LogP contribution is -2.49. The second-order valence-electron chi connectivity index (χ2n) is 6.09. The monoisotopic (exact) mass is 336 g/mol. The molecule has 0 atom stereocenters. The van der Waals surface area contributed by atoms with Crippen molar-refractivity contribution in [1.29, 1.82) is 0 Å². The minimum atomic E-state index is -0.0463. The molecule has 4 aromatic rings. The van der Waals surface area contributed by atoms with E-state index in [1.807, 2.05) is 60.8 Å². The Morgan fingerprint density at radius 3 is 1.92 bits per heavy atom. The van der Waals surface area contributed by atoms with Crippen LogP contribution in [0.5, 0.6) is 0 Å². The predicted molar refractivity (Wildman–Crippen MR) is 107 cm³/mol.